The van der Waals surface area contributed by atoms with Gasteiger partial charge < -0.3 is 10.2 Å². The molecule has 0 unspecified atom stereocenters. The average Bonchev–Trinajstić information content (AvgIpc) is 3.03. The molecule has 1 aromatic heterocycles. The van der Waals surface area contributed by atoms with Gasteiger partial charge in [0.15, 0.2) is 5.82 Å². The number of nitrogens with one attached hydrogen (secondary N) is 1. The van der Waals surface area contributed by atoms with Crippen LogP contribution < -0.4 is 10.2 Å². The lowest BCUT2D eigenvalue weighted by Gasteiger charge is -2.31. The van der Waals surface area contributed by atoms with E-state index in [1.165, 1.54) is 25.1 Å². The molecule has 0 atom stereocenters. The highest BCUT2D eigenvalue weighted by molar-refractivity contribution is 5.68. The van der Waals surface area contributed by atoms with Gasteiger partial charge in [0.05, 0.1) is 5.69 Å². The molecule has 3 nitrogen and oxygen atoms in total. The SMILES string of the molecule is Cc1ccc2c(n1)N(CC1CC1)CCN2. The topological polar surface area (TPSA) is 28.2 Å². The molecule has 1 N–H and O–H groups in total. The second-order valence-corrected chi connectivity index (χ2v) is 4.64. The number of nitrogens with zero attached hydrogens (tertiary/aromatic N) is 2. The number of hydrogen-bond acceptors (Lipinski definition) is 3. The van der Waals surface area contributed by atoms with Gasteiger partial charge in [-0.05, 0) is 37.8 Å². The summed E-state index contributed by atoms with van der Waals surface area (Å²) in [6.45, 7) is 5.40. The summed E-state index contributed by atoms with van der Waals surface area (Å²) >= 11 is 0. The molecule has 1 fully saturated rings. The Morgan fingerprint density at radius 3 is 3.13 bits per heavy atom. The van der Waals surface area contributed by atoms with E-state index in [0.717, 1.165) is 30.5 Å². The molecule has 1 aliphatic heterocycles. The van der Waals surface area contributed by atoms with Crippen molar-refractivity contribution in [2.75, 3.05) is 29.9 Å². The molecule has 15 heavy (non-hydrogen) atoms. The molecule has 0 amide bonds. The maximum absolute atomic E-state index is 4.64. The first-order valence-corrected chi connectivity index (χ1v) is 5.79. The zero-order chi connectivity index (χ0) is 10.3. The van der Waals surface area contributed by atoms with E-state index in [2.05, 4.69) is 34.3 Å². The fraction of sp³-hybridized carbons (Fsp3) is 0.583. The summed E-state index contributed by atoms with van der Waals surface area (Å²) in [6.07, 6.45) is 2.82. The highest BCUT2D eigenvalue weighted by Crippen LogP contribution is 2.34. The van der Waals surface area contributed by atoms with Crippen LogP contribution in [0.4, 0.5) is 11.5 Å². The van der Waals surface area contributed by atoms with Gasteiger partial charge in [-0.1, -0.05) is 0 Å². The number of hydrogen-bond donors (Lipinski definition) is 1. The maximum Gasteiger partial charge on any atom is 0.152 e. The largest absolute Gasteiger partial charge is 0.380 e. The monoisotopic (exact) mass is 203 g/mol. The first kappa shape index (κ1) is 9.01. The number of pyridine rings is 1. The quantitative estimate of drug-likeness (QED) is 0.797. The van der Waals surface area contributed by atoms with Crippen molar-refractivity contribution in [3.8, 4) is 0 Å². The molecule has 2 aliphatic rings. The zero-order valence-corrected chi connectivity index (χ0v) is 9.16. The first-order valence-electron chi connectivity index (χ1n) is 5.79. The molecule has 0 bridgehead atoms. The van der Waals surface area contributed by atoms with Gasteiger partial charge in [0, 0.05) is 25.3 Å². The highest BCUT2D eigenvalue weighted by Gasteiger charge is 2.27. The number of fused-ring (bicyclic) bond motifs is 1. The Hall–Kier alpha value is -1.25. The Morgan fingerprint density at radius 2 is 2.33 bits per heavy atom. The fourth-order valence-corrected chi connectivity index (χ4v) is 2.14. The van der Waals surface area contributed by atoms with Gasteiger partial charge in [-0.2, -0.15) is 0 Å². The van der Waals surface area contributed by atoms with E-state index in [0.29, 0.717) is 0 Å². The van der Waals surface area contributed by atoms with Crippen LogP contribution >= 0.6 is 0 Å². The summed E-state index contributed by atoms with van der Waals surface area (Å²) in [4.78, 5) is 7.08. The molecule has 1 aliphatic carbocycles. The van der Waals surface area contributed by atoms with Crippen molar-refractivity contribution in [1.29, 1.82) is 0 Å². The molecular formula is C12H17N3. The molecule has 3 rings (SSSR count). The lowest BCUT2D eigenvalue weighted by atomic mass is 10.2. The van der Waals surface area contributed by atoms with E-state index in [-0.39, 0.29) is 0 Å². The Bertz CT molecular complexity index is 371. The Balaban J connectivity index is 1.89. The third-order valence-corrected chi connectivity index (χ3v) is 3.19. The second-order valence-electron chi connectivity index (χ2n) is 4.64. The minimum absolute atomic E-state index is 0.929. The summed E-state index contributed by atoms with van der Waals surface area (Å²) in [6, 6.07) is 4.23. The molecule has 3 heteroatoms. The molecule has 1 aromatic rings. The maximum atomic E-state index is 4.64. The summed E-state index contributed by atoms with van der Waals surface area (Å²) < 4.78 is 0. The van der Waals surface area contributed by atoms with Crippen molar-refractivity contribution in [2.24, 2.45) is 5.92 Å². The van der Waals surface area contributed by atoms with Crippen molar-refractivity contribution < 1.29 is 0 Å². The number of rotatable bonds is 2. The van der Waals surface area contributed by atoms with E-state index in [1.807, 2.05) is 0 Å². The highest BCUT2D eigenvalue weighted by atomic mass is 15.2. The normalized spacial score (nSPS) is 19.7. The van der Waals surface area contributed by atoms with Gasteiger partial charge in [-0.3, -0.25) is 0 Å². The fourth-order valence-electron chi connectivity index (χ4n) is 2.14. The third kappa shape index (κ3) is 1.78. The molecule has 0 radical (unpaired) electrons. The number of aromatic nitrogens is 1. The third-order valence-electron chi connectivity index (χ3n) is 3.19. The van der Waals surface area contributed by atoms with Crippen LogP contribution in [-0.4, -0.2) is 24.6 Å². The van der Waals surface area contributed by atoms with Gasteiger partial charge in [-0.25, -0.2) is 4.98 Å². The first-order chi connectivity index (χ1) is 7.33. The van der Waals surface area contributed by atoms with Gasteiger partial charge in [0.1, 0.15) is 0 Å². The Morgan fingerprint density at radius 1 is 1.47 bits per heavy atom. The molecular weight excluding hydrogens is 186 g/mol. The second kappa shape index (κ2) is 3.40. The predicted molar refractivity (Wildman–Crippen MR) is 62.4 cm³/mol. The zero-order valence-electron chi connectivity index (χ0n) is 9.16. The van der Waals surface area contributed by atoms with Gasteiger partial charge in [-0.15, -0.1) is 0 Å². The van der Waals surface area contributed by atoms with Crippen molar-refractivity contribution in [3.63, 3.8) is 0 Å². The standard InChI is InChI=1S/C12H17N3/c1-9-2-5-11-12(14-9)15(7-6-13-11)8-10-3-4-10/h2,5,10,13H,3-4,6-8H2,1H3. The van der Waals surface area contributed by atoms with Crippen LogP contribution in [0, 0.1) is 12.8 Å². The number of anilines is 2. The van der Waals surface area contributed by atoms with Gasteiger partial charge >= 0.3 is 0 Å². The van der Waals surface area contributed by atoms with Crippen molar-refractivity contribution in [2.45, 2.75) is 19.8 Å². The molecule has 0 saturated heterocycles. The lowest BCUT2D eigenvalue weighted by molar-refractivity contribution is 0.707. The van der Waals surface area contributed by atoms with Crippen LogP contribution in [0.25, 0.3) is 0 Å². The van der Waals surface area contributed by atoms with E-state index in [9.17, 15) is 0 Å². The summed E-state index contributed by atoms with van der Waals surface area (Å²) in [5.74, 6) is 2.09. The van der Waals surface area contributed by atoms with E-state index < -0.39 is 0 Å². The van der Waals surface area contributed by atoms with Crippen molar-refractivity contribution in [1.82, 2.24) is 4.98 Å². The molecule has 1 saturated carbocycles. The molecule has 0 spiro atoms. The van der Waals surface area contributed by atoms with Crippen LogP contribution in [0.15, 0.2) is 12.1 Å². The van der Waals surface area contributed by atoms with Gasteiger partial charge in [0.25, 0.3) is 0 Å². The Kier molecular flexibility index (Phi) is 2.04. The van der Waals surface area contributed by atoms with Crippen molar-refractivity contribution >= 4 is 11.5 Å². The average molecular weight is 203 g/mol. The Labute approximate surface area is 90.5 Å². The summed E-state index contributed by atoms with van der Waals surface area (Å²) in [7, 11) is 0. The molecule has 2 heterocycles. The predicted octanol–water partition coefficient (Wildman–Crippen LogP) is 2.03. The van der Waals surface area contributed by atoms with Crippen LogP contribution in [0.3, 0.4) is 0 Å². The smallest absolute Gasteiger partial charge is 0.152 e. The van der Waals surface area contributed by atoms with E-state index in [1.54, 1.807) is 0 Å². The van der Waals surface area contributed by atoms with Gasteiger partial charge in [0.2, 0.25) is 0 Å². The summed E-state index contributed by atoms with van der Waals surface area (Å²) in [5, 5.41) is 3.41. The van der Waals surface area contributed by atoms with Crippen LogP contribution in [0.5, 0.6) is 0 Å². The van der Waals surface area contributed by atoms with E-state index in [4.69, 9.17) is 0 Å². The van der Waals surface area contributed by atoms with Crippen LogP contribution in [-0.2, 0) is 0 Å². The van der Waals surface area contributed by atoms with E-state index >= 15 is 0 Å². The van der Waals surface area contributed by atoms with Crippen molar-refractivity contribution in [3.05, 3.63) is 17.8 Å². The van der Waals surface area contributed by atoms with Crippen LogP contribution in [0.1, 0.15) is 18.5 Å². The minimum atomic E-state index is 0.929. The minimum Gasteiger partial charge on any atom is -0.380 e. The number of aryl methyl sites for hydroxylation is 1. The molecule has 80 valence electrons. The molecule has 0 aromatic carbocycles. The lowest BCUT2D eigenvalue weighted by Crippen LogP contribution is -2.36. The van der Waals surface area contributed by atoms with Crippen LogP contribution in [0.2, 0.25) is 0 Å². The summed E-state index contributed by atoms with van der Waals surface area (Å²) in [5.41, 5.74) is 2.31.